The first-order valence-corrected chi connectivity index (χ1v) is 5.94. The normalized spacial score (nSPS) is 10.9. The molecule has 100 valence electrons. The molecule has 0 amide bonds. The van der Waals surface area contributed by atoms with Gasteiger partial charge in [0.1, 0.15) is 11.4 Å². The van der Waals surface area contributed by atoms with Crippen molar-refractivity contribution in [2.45, 2.75) is 6.92 Å². The van der Waals surface area contributed by atoms with Crippen molar-refractivity contribution >= 4 is 16.9 Å². The topological polar surface area (TPSA) is 63.3 Å². The van der Waals surface area contributed by atoms with E-state index in [1.807, 2.05) is 0 Å². The molecule has 0 aliphatic carbocycles. The van der Waals surface area contributed by atoms with Crippen molar-refractivity contribution in [2.75, 3.05) is 0 Å². The molecule has 2 aromatic heterocycles. The maximum Gasteiger partial charge on any atom is 0.335 e. The van der Waals surface area contributed by atoms with Crippen LogP contribution < -0.4 is 0 Å². The fraction of sp³-hybridized carbons (Fsp3) is 0.0667. The first kappa shape index (κ1) is 12.3. The van der Waals surface area contributed by atoms with Gasteiger partial charge >= 0.3 is 5.97 Å². The third-order valence-electron chi connectivity index (χ3n) is 3.05. The number of aryl methyl sites for hydroxylation is 1. The quantitative estimate of drug-likeness (QED) is 0.772. The summed E-state index contributed by atoms with van der Waals surface area (Å²) >= 11 is 0. The third-order valence-corrected chi connectivity index (χ3v) is 3.05. The molecule has 0 saturated carbocycles. The molecule has 4 nitrogen and oxygen atoms in total. The number of rotatable bonds is 2. The largest absolute Gasteiger partial charge is 0.478 e. The van der Waals surface area contributed by atoms with Crippen LogP contribution in [0.15, 0.2) is 41.0 Å². The molecule has 0 radical (unpaired) electrons. The molecule has 0 aliphatic rings. The summed E-state index contributed by atoms with van der Waals surface area (Å²) in [6.07, 6.45) is 1.51. The van der Waals surface area contributed by atoms with E-state index in [1.165, 1.54) is 18.4 Å². The Labute approximate surface area is 113 Å². The van der Waals surface area contributed by atoms with E-state index in [2.05, 4.69) is 4.98 Å². The molecule has 0 unspecified atom stereocenters. The molecule has 5 heteroatoms. The minimum Gasteiger partial charge on any atom is -0.478 e. The highest BCUT2D eigenvalue weighted by Gasteiger charge is 2.15. The van der Waals surface area contributed by atoms with E-state index in [-0.39, 0.29) is 11.1 Å². The number of carboxylic acid groups (broad SMARTS) is 1. The summed E-state index contributed by atoms with van der Waals surface area (Å²) in [6.45, 7) is 1.79. The van der Waals surface area contributed by atoms with Crippen molar-refractivity contribution < 1.29 is 18.7 Å². The van der Waals surface area contributed by atoms with Crippen LogP contribution in [0.25, 0.3) is 22.2 Å². The van der Waals surface area contributed by atoms with Gasteiger partial charge in [-0.15, -0.1) is 0 Å². The summed E-state index contributed by atoms with van der Waals surface area (Å²) in [6, 6.07) is 7.25. The minimum atomic E-state index is -1.17. The summed E-state index contributed by atoms with van der Waals surface area (Å²) in [5, 5.41) is 9.55. The monoisotopic (exact) mass is 271 g/mol. The fourth-order valence-electron chi connectivity index (χ4n) is 2.13. The van der Waals surface area contributed by atoms with Gasteiger partial charge in [-0.2, -0.15) is 0 Å². The molecule has 0 bridgehead atoms. The van der Waals surface area contributed by atoms with Crippen LogP contribution in [0.3, 0.4) is 0 Å². The van der Waals surface area contributed by atoms with Crippen molar-refractivity contribution in [2.24, 2.45) is 0 Å². The second-order valence-corrected chi connectivity index (χ2v) is 4.44. The summed E-state index contributed by atoms with van der Waals surface area (Å²) < 4.78 is 19.4. The summed E-state index contributed by atoms with van der Waals surface area (Å²) in [4.78, 5) is 15.2. The second-order valence-electron chi connectivity index (χ2n) is 4.44. The smallest absolute Gasteiger partial charge is 0.335 e. The molecule has 0 aliphatic heterocycles. The van der Waals surface area contributed by atoms with Gasteiger partial charge in [-0.05, 0) is 31.2 Å². The Balaban J connectivity index is 2.25. The van der Waals surface area contributed by atoms with Crippen LogP contribution in [-0.2, 0) is 0 Å². The van der Waals surface area contributed by atoms with E-state index in [0.29, 0.717) is 22.4 Å². The third kappa shape index (κ3) is 1.93. The lowest BCUT2D eigenvalue weighted by Gasteiger charge is -2.06. The lowest BCUT2D eigenvalue weighted by Crippen LogP contribution is -1.98. The Kier molecular flexibility index (Phi) is 2.75. The SMILES string of the molecule is Cc1cc2occc2c(-c2ccc(C(=O)O)cc2F)n1. The van der Waals surface area contributed by atoms with Gasteiger partial charge in [-0.3, -0.25) is 4.98 Å². The van der Waals surface area contributed by atoms with Crippen LogP contribution in [0.1, 0.15) is 16.1 Å². The number of fused-ring (bicyclic) bond motifs is 1. The Morgan fingerprint density at radius 2 is 2.10 bits per heavy atom. The van der Waals surface area contributed by atoms with Gasteiger partial charge in [0.25, 0.3) is 0 Å². The molecule has 20 heavy (non-hydrogen) atoms. The highest BCUT2D eigenvalue weighted by atomic mass is 19.1. The Bertz CT molecular complexity index is 823. The number of pyridine rings is 1. The Morgan fingerprint density at radius 3 is 2.80 bits per heavy atom. The zero-order valence-electron chi connectivity index (χ0n) is 10.6. The van der Waals surface area contributed by atoms with E-state index >= 15 is 0 Å². The number of carboxylic acids is 1. The number of aromatic nitrogens is 1. The first-order chi connectivity index (χ1) is 9.56. The van der Waals surface area contributed by atoms with E-state index in [4.69, 9.17) is 9.52 Å². The highest BCUT2D eigenvalue weighted by molar-refractivity contribution is 5.93. The molecule has 3 aromatic rings. The van der Waals surface area contributed by atoms with Gasteiger partial charge in [0.05, 0.1) is 17.5 Å². The second kappa shape index (κ2) is 4.45. The predicted molar refractivity (Wildman–Crippen MR) is 71.1 cm³/mol. The molecule has 0 spiro atoms. The van der Waals surface area contributed by atoms with Gasteiger partial charge < -0.3 is 9.52 Å². The zero-order chi connectivity index (χ0) is 14.3. The average Bonchev–Trinajstić information content (AvgIpc) is 2.85. The van der Waals surface area contributed by atoms with Crippen LogP contribution >= 0.6 is 0 Å². The molecule has 1 aromatic carbocycles. The van der Waals surface area contributed by atoms with Gasteiger partial charge in [-0.1, -0.05) is 0 Å². The number of benzene rings is 1. The predicted octanol–water partition coefficient (Wildman–Crippen LogP) is 3.64. The Morgan fingerprint density at radius 1 is 1.30 bits per heavy atom. The van der Waals surface area contributed by atoms with Crippen LogP contribution in [0, 0.1) is 12.7 Å². The molecular weight excluding hydrogens is 261 g/mol. The number of aromatic carboxylic acids is 1. The summed E-state index contributed by atoms with van der Waals surface area (Å²) in [5.74, 6) is -1.79. The fourth-order valence-corrected chi connectivity index (χ4v) is 2.13. The molecule has 0 atom stereocenters. The van der Waals surface area contributed by atoms with Crippen molar-refractivity contribution in [3.8, 4) is 11.3 Å². The molecular formula is C15H10FNO3. The van der Waals surface area contributed by atoms with Crippen molar-refractivity contribution in [1.29, 1.82) is 0 Å². The molecule has 0 fully saturated rings. The number of carbonyl (C=O) groups is 1. The van der Waals surface area contributed by atoms with Crippen molar-refractivity contribution in [3.05, 3.63) is 53.7 Å². The molecule has 2 heterocycles. The maximum atomic E-state index is 14.1. The van der Waals surface area contributed by atoms with E-state index < -0.39 is 11.8 Å². The van der Waals surface area contributed by atoms with Crippen LogP contribution in [0.5, 0.6) is 0 Å². The van der Waals surface area contributed by atoms with E-state index in [1.54, 1.807) is 19.1 Å². The molecule has 0 saturated heterocycles. The molecule has 1 N–H and O–H groups in total. The van der Waals surface area contributed by atoms with Crippen LogP contribution in [-0.4, -0.2) is 16.1 Å². The number of furan rings is 1. The van der Waals surface area contributed by atoms with Crippen LogP contribution in [0.4, 0.5) is 4.39 Å². The number of nitrogens with zero attached hydrogens (tertiary/aromatic N) is 1. The van der Waals surface area contributed by atoms with Gasteiger partial charge in [0.2, 0.25) is 0 Å². The number of halogens is 1. The lowest BCUT2D eigenvalue weighted by molar-refractivity contribution is 0.0696. The standard InChI is InChI=1S/C15H10FNO3/c1-8-6-13-11(4-5-20-13)14(17-8)10-3-2-9(15(18)19)7-12(10)16/h2-7H,1H3,(H,18,19). The van der Waals surface area contributed by atoms with Crippen molar-refractivity contribution in [3.63, 3.8) is 0 Å². The van der Waals surface area contributed by atoms with Gasteiger partial charge in [-0.25, -0.2) is 9.18 Å². The maximum absolute atomic E-state index is 14.1. The molecule has 3 rings (SSSR count). The summed E-state index contributed by atoms with van der Waals surface area (Å²) in [7, 11) is 0. The first-order valence-electron chi connectivity index (χ1n) is 5.94. The van der Waals surface area contributed by atoms with Crippen LogP contribution in [0.2, 0.25) is 0 Å². The van der Waals surface area contributed by atoms with E-state index in [9.17, 15) is 9.18 Å². The highest BCUT2D eigenvalue weighted by Crippen LogP contribution is 2.30. The number of hydrogen-bond donors (Lipinski definition) is 1. The van der Waals surface area contributed by atoms with Crippen molar-refractivity contribution in [1.82, 2.24) is 4.98 Å². The zero-order valence-corrected chi connectivity index (χ0v) is 10.6. The number of hydrogen-bond acceptors (Lipinski definition) is 3. The Hall–Kier alpha value is -2.69. The average molecular weight is 271 g/mol. The summed E-state index contributed by atoms with van der Waals surface area (Å²) in [5.41, 5.74) is 1.93. The van der Waals surface area contributed by atoms with E-state index in [0.717, 1.165) is 6.07 Å². The van der Waals surface area contributed by atoms with Gasteiger partial charge in [0, 0.05) is 22.7 Å². The van der Waals surface area contributed by atoms with Gasteiger partial charge in [0.15, 0.2) is 0 Å². The lowest BCUT2D eigenvalue weighted by atomic mass is 10.0. The minimum absolute atomic E-state index is 0.0951.